The third-order valence-corrected chi connectivity index (χ3v) is 4.99. The van der Waals surface area contributed by atoms with Gasteiger partial charge in [0.15, 0.2) is 6.10 Å². The highest BCUT2D eigenvalue weighted by atomic mass is 19.1. The first-order valence-electron chi connectivity index (χ1n) is 9.40. The lowest BCUT2D eigenvalue weighted by Crippen LogP contribution is -2.33. The van der Waals surface area contributed by atoms with Crippen molar-refractivity contribution in [3.8, 4) is 0 Å². The van der Waals surface area contributed by atoms with Crippen LogP contribution in [0.15, 0.2) is 42.5 Å². The third-order valence-electron chi connectivity index (χ3n) is 4.99. The smallest absolute Gasteiger partial charge is 0.312 e. The third kappa shape index (κ3) is 4.45. The summed E-state index contributed by atoms with van der Waals surface area (Å²) in [6.45, 7) is 5.25. The van der Waals surface area contributed by atoms with Gasteiger partial charge in [0.1, 0.15) is 5.82 Å². The van der Waals surface area contributed by atoms with E-state index in [2.05, 4.69) is 5.32 Å². The molecule has 1 aliphatic heterocycles. The number of ether oxygens (including phenoxy) is 1. The first-order chi connectivity index (χ1) is 13.8. The first-order valence-corrected chi connectivity index (χ1v) is 9.40. The number of carbonyl (C=O) groups excluding carboxylic acids is 3. The normalized spacial score (nSPS) is 17.2. The lowest BCUT2D eigenvalue weighted by atomic mass is 10.1. The topological polar surface area (TPSA) is 75.7 Å². The van der Waals surface area contributed by atoms with Crippen molar-refractivity contribution < 1.29 is 23.5 Å². The highest BCUT2D eigenvalue weighted by Crippen LogP contribution is 2.28. The van der Waals surface area contributed by atoms with Gasteiger partial charge in [-0.1, -0.05) is 30.3 Å². The summed E-state index contributed by atoms with van der Waals surface area (Å²) < 4.78 is 19.3. The summed E-state index contributed by atoms with van der Waals surface area (Å²) in [6.07, 6.45) is -1.11. The van der Waals surface area contributed by atoms with E-state index in [1.54, 1.807) is 6.07 Å². The van der Waals surface area contributed by atoms with Crippen LogP contribution in [0.4, 0.5) is 15.8 Å². The Morgan fingerprint density at radius 2 is 1.79 bits per heavy atom. The molecule has 1 aliphatic rings. The maximum Gasteiger partial charge on any atom is 0.312 e. The number of halogens is 1. The molecule has 0 unspecified atom stereocenters. The van der Waals surface area contributed by atoms with Crippen LogP contribution >= 0.6 is 0 Å². The van der Waals surface area contributed by atoms with E-state index in [1.165, 1.54) is 30.0 Å². The molecule has 29 heavy (non-hydrogen) atoms. The number of esters is 1. The van der Waals surface area contributed by atoms with E-state index in [0.717, 1.165) is 11.1 Å². The van der Waals surface area contributed by atoms with Crippen LogP contribution < -0.4 is 10.2 Å². The Bertz CT molecular complexity index is 939. The van der Waals surface area contributed by atoms with Crippen molar-refractivity contribution >= 4 is 29.2 Å². The molecule has 1 saturated heterocycles. The Morgan fingerprint density at radius 3 is 2.45 bits per heavy atom. The van der Waals surface area contributed by atoms with Crippen molar-refractivity contribution in [3.05, 3.63) is 59.4 Å². The molecule has 6 nitrogen and oxygen atoms in total. The van der Waals surface area contributed by atoms with Crippen LogP contribution in [0.3, 0.4) is 0 Å². The van der Waals surface area contributed by atoms with Gasteiger partial charge in [-0.15, -0.1) is 0 Å². The van der Waals surface area contributed by atoms with Gasteiger partial charge in [0.2, 0.25) is 5.91 Å². The summed E-state index contributed by atoms with van der Waals surface area (Å²) in [4.78, 5) is 38.4. The quantitative estimate of drug-likeness (QED) is 0.784. The maximum absolute atomic E-state index is 14.0. The van der Waals surface area contributed by atoms with Crippen molar-refractivity contribution in [3.63, 3.8) is 0 Å². The zero-order chi connectivity index (χ0) is 21.1. The largest absolute Gasteiger partial charge is 0.452 e. The number of aryl methyl sites for hydroxylation is 2. The van der Waals surface area contributed by atoms with Crippen LogP contribution in [0.2, 0.25) is 0 Å². The second-order valence-corrected chi connectivity index (χ2v) is 7.19. The fourth-order valence-corrected chi connectivity index (χ4v) is 3.33. The van der Waals surface area contributed by atoms with E-state index in [4.69, 9.17) is 4.74 Å². The van der Waals surface area contributed by atoms with Crippen LogP contribution in [0.25, 0.3) is 0 Å². The van der Waals surface area contributed by atoms with E-state index in [0.29, 0.717) is 5.69 Å². The van der Waals surface area contributed by atoms with E-state index in [-0.39, 0.29) is 24.6 Å². The number of nitrogens with zero attached hydrogens (tertiary/aromatic N) is 1. The van der Waals surface area contributed by atoms with Crippen LogP contribution in [0.1, 0.15) is 24.5 Å². The second-order valence-electron chi connectivity index (χ2n) is 7.19. The van der Waals surface area contributed by atoms with Gasteiger partial charge < -0.3 is 15.0 Å². The standard InChI is InChI=1S/C22H23FN2O4/c1-13-7-6-8-14(2)20(13)24-21(27)15(3)29-22(28)16-11-19(26)25(12-16)18-10-5-4-9-17(18)23/h4-10,15-16H,11-12H2,1-3H3,(H,24,27)/t15-,16-/m1/s1. The first kappa shape index (κ1) is 20.5. The van der Waals surface area contributed by atoms with Gasteiger partial charge in [-0.05, 0) is 44.0 Å². The predicted molar refractivity (Wildman–Crippen MR) is 107 cm³/mol. The molecular weight excluding hydrogens is 375 g/mol. The molecule has 1 fully saturated rings. The molecule has 2 atom stereocenters. The van der Waals surface area contributed by atoms with Crippen molar-refractivity contribution in [2.45, 2.75) is 33.3 Å². The van der Waals surface area contributed by atoms with Gasteiger partial charge in [-0.3, -0.25) is 14.4 Å². The number of nitrogens with one attached hydrogen (secondary N) is 1. The van der Waals surface area contributed by atoms with Gasteiger partial charge in [0, 0.05) is 18.7 Å². The average Bonchev–Trinajstić information content (AvgIpc) is 3.06. The van der Waals surface area contributed by atoms with Gasteiger partial charge in [0.25, 0.3) is 5.91 Å². The molecule has 2 aromatic carbocycles. The Morgan fingerprint density at radius 1 is 1.14 bits per heavy atom. The molecule has 152 valence electrons. The van der Waals surface area contributed by atoms with E-state index >= 15 is 0 Å². The number of hydrogen-bond acceptors (Lipinski definition) is 4. The molecule has 0 aliphatic carbocycles. The highest BCUT2D eigenvalue weighted by molar-refractivity contribution is 6.00. The summed E-state index contributed by atoms with van der Waals surface area (Å²) in [5.41, 5.74) is 2.62. The number of hydrogen-bond donors (Lipinski definition) is 1. The minimum atomic E-state index is -1.03. The van der Waals surface area contributed by atoms with Gasteiger partial charge in [-0.25, -0.2) is 4.39 Å². The van der Waals surface area contributed by atoms with E-state index in [1.807, 2.05) is 32.0 Å². The molecule has 3 rings (SSSR count). The molecule has 0 aromatic heterocycles. The van der Waals surface area contributed by atoms with Crippen LogP contribution in [-0.4, -0.2) is 30.4 Å². The van der Waals surface area contributed by atoms with E-state index in [9.17, 15) is 18.8 Å². The molecule has 1 heterocycles. The van der Waals surface area contributed by atoms with Crippen LogP contribution in [-0.2, 0) is 19.1 Å². The average molecular weight is 398 g/mol. The minimum absolute atomic E-state index is 0.0177. The Labute approximate surface area is 168 Å². The van der Waals surface area contributed by atoms with Gasteiger partial charge in [-0.2, -0.15) is 0 Å². The fraction of sp³-hybridized carbons (Fsp3) is 0.318. The number of rotatable bonds is 5. The van der Waals surface area contributed by atoms with Crippen LogP contribution in [0.5, 0.6) is 0 Å². The van der Waals surface area contributed by atoms with E-state index < -0.39 is 29.7 Å². The molecule has 0 radical (unpaired) electrons. The van der Waals surface area contributed by atoms with Crippen molar-refractivity contribution in [1.82, 2.24) is 0 Å². The zero-order valence-corrected chi connectivity index (χ0v) is 16.6. The Kier molecular flexibility index (Phi) is 5.96. The number of benzene rings is 2. The molecule has 2 amide bonds. The summed E-state index contributed by atoms with van der Waals surface area (Å²) in [6, 6.07) is 11.5. The summed E-state index contributed by atoms with van der Waals surface area (Å²) in [5.74, 6) is -2.74. The Balaban J connectivity index is 1.62. The number of carbonyl (C=O) groups is 3. The van der Waals surface area contributed by atoms with Crippen molar-refractivity contribution in [2.75, 3.05) is 16.8 Å². The summed E-state index contributed by atoms with van der Waals surface area (Å²) >= 11 is 0. The lowest BCUT2D eigenvalue weighted by molar-refractivity contribution is -0.157. The summed E-state index contributed by atoms with van der Waals surface area (Å²) in [5, 5.41) is 2.78. The molecule has 7 heteroatoms. The number of para-hydroxylation sites is 2. The number of anilines is 2. The Hall–Kier alpha value is -3.22. The maximum atomic E-state index is 14.0. The lowest BCUT2D eigenvalue weighted by Gasteiger charge is -2.19. The fourth-order valence-electron chi connectivity index (χ4n) is 3.33. The van der Waals surface area contributed by atoms with Crippen molar-refractivity contribution in [2.24, 2.45) is 5.92 Å². The molecule has 0 bridgehead atoms. The monoisotopic (exact) mass is 398 g/mol. The zero-order valence-electron chi connectivity index (χ0n) is 16.6. The second kappa shape index (κ2) is 8.43. The van der Waals surface area contributed by atoms with Gasteiger partial charge >= 0.3 is 5.97 Å². The van der Waals surface area contributed by atoms with Gasteiger partial charge in [0.05, 0.1) is 11.6 Å². The molecule has 0 saturated carbocycles. The highest BCUT2D eigenvalue weighted by Gasteiger charge is 2.38. The molecule has 1 N–H and O–H groups in total. The molecular formula is C22H23FN2O4. The minimum Gasteiger partial charge on any atom is -0.452 e. The number of amides is 2. The predicted octanol–water partition coefficient (Wildman–Crippen LogP) is 3.37. The van der Waals surface area contributed by atoms with Crippen molar-refractivity contribution in [1.29, 1.82) is 0 Å². The SMILES string of the molecule is Cc1cccc(C)c1NC(=O)[C@@H](C)OC(=O)[C@@H]1CC(=O)N(c2ccccc2F)C1. The molecule has 2 aromatic rings. The summed E-state index contributed by atoms with van der Waals surface area (Å²) in [7, 11) is 0. The molecule has 0 spiro atoms. The van der Waals surface area contributed by atoms with Crippen LogP contribution in [0, 0.1) is 25.6 Å².